The van der Waals surface area contributed by atoms with Crippen LogP contribution >= 0.6 is 24.8 Å². The van der Waals surface area contributed by atoms with E-state index < -0.39 is 0 Å². The van der Waals surface area contributed by atoms with Gasteiger partial charge in [0.2, 0.25) is 0 Å². The van der Waals surface area contributed by atoms with Crippen molar-refractivity contribution in [2.24, 2.45) is 0 Å². The average Bonchev–Trinajstić information content (AvgIpc) is 1.88. The number of hydrogen-bond donors (Lipinski definition) is 1. The lowest BCUT2D eigenvalue weighted by atomic mass is 9.87. The van der Waals surface area contributed by atoms with Crippen LogP contribution in [0.2, 0.25) is 0 Å². The maximum Gasteiger partial charge on any atom is 0.00696 e. The summed E-state index contributed by atoms with van der Waals surface area (Å²) < 4.78 is 0. The molecule has 2 fully saturated rings. The molecule has 2 saturated heterocycles. The van der Waals surface area contributed by atoms with Crippen molar-refractivity contribution in [2.45, 2.75) is 50.6 Å². The van der Waals surface area contributed by atoms with Crippen LogP contribution in [0.1, 0.15) is 38.5 Å². The van der Waals surface area contributed by atoms with Crippen LogP contribution in [0.5, 0.6) is 0 Å². The topological polar surface area (TPSA) is 12.0 Å². The molecule has 0 unspecified atom stereocenters. The molecule has 2 aliphatic heterocycles. The molecular formula is C8H17Cl2N. The molecule has 0 aromatic rings. The molecule has 1 nitrogen and oxygen atoms in total. The molecule has 0 radical (unpaired) electrons. The largest absolute Gasteiger partial charge is 0.311 e. The van der Waals surface area contributed by atoms with Crippen LogP contribution in [0.15, 0.2) is 0 Å². The van der Waals surface area contributed by atoms with E-state index in [0.717, 1.165) is 12.1 Å². The van der Waals surface area contributed by atoms with Crippen molar-refractivity contribution in [3.05, 3.63) is 0 Å². The number of nitrogens with one attached hydrogen (secondary N) is 1. The highest BCUT2D eigenvalue weighted by Gasteiger charge is 2.24. The Bertz CT molecular complexity index is 88.3. The Hall–Kier alpha value is 0.540. The fraction of sp³-hybridized carbons (Fsp3) is 1.00. The molecule has 11 heavy (non-hydrogen) atoms. The summed E-state index contributed by atoms with van der Waals surface area (Å²) in [5.74, 6) is 0. The first kappa shape index (κ1) is 11.5. The molecule has 2 heterocycles. The van der Waals surface area contributed by atoms with Crippen molar-refractivity contribution < 1.29 is 0 Å². The van der Waals surface area contributed by atoms with Crippen molar-refractivity contribution >= 4 is 24.8 Å². The third-order valence-corrected chi connectivity index (χ3v) is 2.68. The molecule has 0 saturated carbocycles. The first-order chi connectivity index (χ1) is 4.45. The van der Waals surface area contributed by atoms with Gasteiger partial charge in [-0.3, -0.25) is 0 Å². The number of fused-ring (bicyclic) bond motifs is 2. The molecule has 2 rings (SSSR count). The summed E-state index contributed by atoms with van der Waals surface area (Å²) in [5.41, 5.74) is 0. The van der Waals surface area contributed by atoms with Gasteiger partial charge in [0.1, 0.15) is 0 Å². The molecule has 0 aromatic heterocycles. The number of rotatable bonds is 0. The van der Waals surface area contributed by atoms with Gasteiger partial charge >= 0.3 is 0 Å². The van der Waals surface area contributed by atoms with E-state index in [0.29, 0.717) is 0 Å². The van der Waals surface area contributed by atoms with E-state index in [9.17, 15) is 0 Å². The van der Waals surface area contributed by atoms with Gasteiger partial charge in [-0.2, -0.15) is 0 Å². The molecule has 0 aliphatic carbocycles. The SMILES string of the molecule is C1CC2CCCC(C1)N2.Cl.Cl. The summed E-state index contributed by atoms with van der Waals surface area (Å²) >= 11 is 0. The Kier molecular flexibility index (Phi) is 5.49. The van der Waals surface area contributed by atoms with Crippen LogP contribution in [0.3, 0.4) is 0 Å². The van der Waals surface area contributed by atoms with Crippen LogP contribution < -0.4 is 5.32 Å². The first-order valence-electron chi connectivity index (χ1n) is 4.21. The molecule has 68 valence electrons. The number of halogens is 2. The lowest BCUT2D eigenvalue weighted by Gasteiger charge is -2.35. The molecule has 2 aliphatic rings. The minimum Gasteiger partial charge on any atom is -0.311 e. The van der Waals surface area contributed by atoms with Crippen molar-refractivity contribution in [1.29, 1.82) is 0 Å². The quantitative estimate of drug-likeness (QED) is 0.630. The Morgan fingerprint density at radius 1 is 0.727 bits per heavy atom. The zero-order valence-corrected chi connectivity index (χ0v) is 8.35. The molecule has 0 atom stereocenters. The highest BCUT2D eigenvalue weighted by atomic mass is 35.5. The lowest BCUT2D eigenvalue weighted by Crippen LogP contribution is -2.45. The summed E-state index contributed by atoms with van der Waals surface area (Å²) in [4.78, 5) is 0. The van der Waals surface area contributed by atoms with Crippen LogP contribution in [-0.2, 0) is 0 Å². The van der Waals surface area contributed by atoms with Crippen LogP contribution in [-0.4, -0.2) is 12.1 Å². The maximum absolute atomic E-state index is 3.65. The monoisotopic (exact) mass is 197 g/mol. The maximum atomic E-state index is 3.65. The lowest BCUT2D eigenvalue weighted by molar-refractivity contribution is 0.243. The summed E-state index contributed by atoms with van der Waals surface area (Å²) in [6.45, 7) is 0. The van der Waals surface area contributed by atoms with Gasteiger partial charge in [0, 0.05) is 12.1 Å². The molecule has 0 aromatic carbocycles. The summed E-state index contributed by atoms with van der Waals surface area (Å²) in [5, 5.41) is 3.65. The fourth-order valence-corrected chi connectivity index (χ4v) is 2.18. The van der Waals surface area contributed by atoms with Gasteiger partial charge in [0.15, 0.2) is 0 Å². The zero-order chi connectivity index (χ0) is 6.10. The summed E-state index contributed by atoms with van der Waals surface area (Å²) in [6.07, 6.45) is 8.71. The van der Waals surface area contributed by atoms with E-state index in [4.69, 9.17) is 0 Å². The number of piperidine rings is 2. The highest BCUT2D eigenvalue weighted by Crippen LogP contribution is 2.24. The van der Waals surface area contributed by atoms with E-state index in [2.05, 4.69) is 5.32 Å². The predicted octanol–water partition coefficient (Wildman–Crippen LogP) is 2.52. The van der Waals surface area contributed by atoms with Gasteiger partial charge in [0.05, 0.1) is 0 Å². The molecule has 0 amide bonds. The molecule has 1 N–H and O–H groups in total. The van der Waals surface area contributed by atoms with Gasteiger partial charge in [0.25, 0.3) is 0 Å². The van der Waals surface area contributed by atoms with Crippen molar-refractivity contribution in [3.8, 4) is 0 Å². The van der Waals surface area contributed by atoms with Crippen molar-refractivity contribution in [1.82, 2.24) is 5.32 Å². The van der Waals surface area contributed by atoms with E-state index in [1.807, 2.05) is 0 Å². The third kappa shape index (κ3) is 2.81. The Labute approximate surface area is 81.1 Å². The molecule has 3 heteroatoms. The van der Waals surface area contributed by atoms with Crippen LogP contribution in [0.25, 0.3) is 0 Å². The summed E-state index contributed by atoms with van der Waals surface area (Å²) in [6, 6.07) is 1.80. The molecule has 0 spiro atoms. The second kappa shape index (κ2) is 5.23. The second-order valence-corrected chi connectivity index (χ2v) is 3.42. The first-order valence-corrected chi connectivity index (χ1v) is 4.21. The van der Waals surface area contributed by atoms with E-state index in [-0.39, 0.29) is 24.8 Å². The predicted molar refractivity (Wildman–Crippen MR) is 52.9 cm³/mol. The smallest absolute Gasteiger partial charge is 0.00696 e. The Morgan fingerprint density at radius 2 is 1.09 bits per heavy atom. The minimum absolute atomic E-state index is 0. The van der Waals surface area contributed by atoms with E-state index >= 15 is 0 Å². The summed E-state index contributed by atoms with van der Waals surface area (Å²) in [7, 11) is 0. The molecular weight excluding hydrogens is 181 g/mol. The fourth-order valence-electron chi connectivity index (χ4n) is 2.18. The van der Waals surface area contributed by atoms with Gasteiger partial charge < -0.3 is 5.32 Å². The Morgan fingerprint density at radius 3 is 1.36 bits per heavy atom. The second-order valence-electron chi connectivity index (χ2n) is 3.42. The number of hydrogen-bond acceptors (Lipinski definition) is 1. The highest BCUT2D eigenvalue weighted by molar-refractivity contribution is 5.85. The normalized spacial score (nSPS) is 34.9. The van der Waals surface area contributed by atoms with Gasteiger partial charge in [-0.05, 0) is 25.7 Å². The molecule has 2 bridgehead atoms. The van der Waals surface area contributed by atoms with E-state index in [1.165, 1.54) is 38.5 Å². The van der Waals surface area contributed by atoms with Crippen molar-refractivity contribution in [2.75, 3.05) is 0 Å². The van der Waals surface area contributed by atoms with Crippen LogP contribution in [0.4, 0.5) is 0 Å². The minimum atomic E-state index is 0. The van der Waals surface area contributed by atoms with Gasteiger partial charge in [-0.15, -0.1) is 24.8 Å². The van der Waals surface area contributed by atoms with Gasteiger partial charge in [-0.1, -0.05) is 12.8 Å². The third-order valence-electron chi connectivity index (χ3n) is 2.68. The Balaban J connectivity index is 0.000000500. The average molecular weight is 198 g/mol. The van der Waals surface area contributed by atoms with Crippen molar-refractivity contribution in [3.63, 3.8) is 0 Å². The van der Waals surface area contributed by atoms with Crippen LogP contribution in [0, 0.1) is 0 Å². The zero-order valence-electron chi connectivity index (χ0n) is 6.71. The standard InChI is InChI=1S/C8H15N.2ClH/c1-3-7-5-2-6-8(4-1)9-7;;/h7-9H,1-6H2;2*1H. The van der Waals surface area contributed by atoms with Gasteiger partial charge in [-0.25, -0.2) is 0 Å². The van der Waals surface area contributed by atoms with E-state index in [1.54, 1.807) is 0 Å².